The molecule has 106 valence electrons. The molecule has 2 heterocycles. The van der Waals surface area contributed by atoms with Crippen molar-refractivity contribution in [2.45, 2.75) is 57.9 Å². The van der Waals surface area contributed by atoms with Crippen molar-refractivity contribution >= 4 is 16.5 Å². The minimum atomic E-state index is -0.0875. The normalized spacial score (nSPS) is 26.7. The van der Waals surface area contributed by atoms with E-state index in [4.69, 9.17) is 4.74 Å². The third-order valence-corrected chi connectivity index (χ3v) is 4.58. The summed E-state index contributed by atoms with van der Waals surface area (Å²) in [4.78, 5) is 8.28. The van der Waals surface area contributed by atoms with E-state index in [1.165, 1.54) is 17.7 Å². The fourth-order valence-corrected chi connectivity index (χ4v) is 3.53. The minimum absolute atomic E-state index is 0.0875. The minimum Gasteiger partial charge on any atom is -0.369 e. The summed E-state index contributed by atoms with van der Waals surface area (Å²) in [6.07, 6.45) is 4.95. The second kappa shape index (κ2) is 5.04. The zero-order valence-corrected chi connectivity index (χ0v) is 12.8. The van der Waals surface area contributed by atoms with Crippen molar-refractivity contribution in [3.8, 4) is 0 Å². The summed E-state index contributed by atoms with van der Waals surface area (Å²) in [6, 6.07) is 0.757. The van der Waals surface area contributed by atoms with Crippen LogP contribution in [0.5, 0.6) is 0 Å². The van der Waals surface area contributed by atoms with Crippen molar-refractivity contribution in [3.63, 3.8) is 0 Å². The predicted octanol–water partition coefficient (Wildman–Crippen LogP) is 2.40. The summed E-state index contributed by atoms with van der Waals surface area (Å²) < 4.78 is 5.94. The molecule has 0 amide bonds. The van der Waals surface area contributed by atoms with Crippen LogP contribution in [0.4, 0.5) is 5.13 Å². The molecule has 1 aromatic heterocycles. The van der Waals surface area contributed by atoms with Gasteiger partial charge in [-0.1, -0.05) is 0 Å². The number of hydrogen-bond donors (Lipinski definition) is 1. The number of thiazole rings is 1. The van der Waals surface area contributed by atoms with Crippen molar-refractivity contribution in [1.29, 1.82) is 0 Å². The number of hydrogen-bond acceptors (Lipinski definition) is 5. The highest BCUT2D eigenvalue weighted by Gasteiger charge is 2.32. The lowest BCUT2D eigenvalue weighted by Crippen LogP contribution is -2.52. The van der Waals surface area contributed by atoms with Gasteiger partial charge in [0.15, 0.2) is 5.13 Å². The van der Waals surface area contributed by atoms with Crippen LogP contribution in [-0.4, -0.2) is 35.8 Å². The van der Waals surface area contributed by atoms with Gasteiger partial charge in [-0.05, 0) is 33.6 Å². The molecule has 2 fully saturated rings. The van der Waals surface area contributed by atoms with Gasteiger partial charge in [0.2, 0.25) is 0 Å². The molecule has 1 aliphatic heterocycles. The quantitative estimate of drug-likeness (QED) is 0.919. The molecule has 0 bridgehead atoms. The van der Waals surface area contributed by atoms with Gasteiger partial charge in [-0.2, -0.15) is 0 Å². The average molecular weight is 281 g/mol. The Balaban J connectivity index is 1.63. The molecule has 19 heavy (non-hydrogen) atoms. The molecule has 1 aromatic rings. The number of anilines is 1. The van der Waals surface area contributed by atoms with Crippen molar-refractivity contribution in [2.24, 2.45) is 0 Å². The van der Waals surface area contributed by atoms with Crippen LogP contribution in [0.15, 0.2) is 6.20 Å². The van der Waals surface area contributed by atoms with E-state index in [0.717, 1.165) is 30.8 Å². The van der Waals surface area contributed by atoms with Crippen molar-refractivity contribution in [2.75, 3.05) is 18.0 Å². The van der Waals surface area contributed by atoms with E-state index in [9.17, 15) is 0 Å². The van der Waals surface area contributed by atoms with Gasteiger partial charge in [0.1, 0.15) is 0 Å². The number of nitrogens with one attached hydrogen (secondary N) is 1. The summed E-state index contributed by atoms with van der Waals surface area (Å²) in [5.74, 6) is 0. The molecular formula is C14H23N3OS. The first-order chi connectivity index (χ1) is 9.02. The van der Waals surface area contributed by atoms with Crippen LogP contribution < -0.4 is 10.2 Å². The molecule has 1 saturated heterocycles. The SMILES string of the molecule is CC1CN(c2ncc(CNC3CC3)s2)CC(C)(C)O1. The smallest absolute Gasteiger partial charge is 0.185 e. The van der Waals surface area contributed by atoms with Crippen molar-refractivity contribution in [1.82, 2.24) is 10.3 Å². The second-order valence-electron chi connectivity index (χ2n) is 6.33. The molecule has 1 atom stereocenters. The number of morpholine rings is 1. The van der Waals surface area contributed by atoms with E-state index < -0.39 is 0 Å². The lowest BCUT2D eigenvalue weighted by atomic mass is 10.1. The van der Waals surface area contributed by atoms with Gasteiger partial charge in [0, 0.05) is 36.8 Å². The summed E-state index contributed by atoms with van der Waals surface area (Å²) in [5.41, 5.74) is -0.0875. The monoisotopic (exact) mass is 281 g/mol. The molecule has 3 rings (SSSR count). The van der Waals surface area contributed by atoms with Crippen molar-refractivity contribution < 1.29 is 4.74 Å². The van der Waals surface area contributed by atoms with E-state index in [0.29, 0.717) is 0 Å². The Morgan fingerprint density at radius 3 is 3.00 bits per heavy atom. The molecule has 0 radical (unpaired) electrons. The number of nitrogens with zero attached hydrogens (tertiary/aromatic N) is 2. The lowest BCUT2D eigenvalue weighted by molar-refractivity contribution is -0.0749. The summed E-state index contributed by atoms with van der Waals surface area (Å²) in [6.45, 7) is 9.26. The highest BCUT2D eigenvalue weighted by Crippen LogP contribution is 2.29. The first-order valence-electron chi connectivity index (χ1n) is 7.13. The molecule has 1 N–H and O–H groups in total. The predicted molar refractivity (Wildman–Crippen MR) is 78.8 cm³/mol. The summed E-state index contributed by atoms with van der Waals surface area (Å²) in [7, 11) is 0. The van der Waals surface area contributed by atoms with Crippen molar-refractivity contribution in [3.05, 3.63) is 11.1 Å². The number of aromatic nitrogens is 1. The van der Waals surface area contributed by atoms with E-state index in [-0.39, 0.29) is 11.7 Å². The molecule has 1 unspecified atom stereocenters. The number of ether oxygens (including phenoxy) is 1. The molecule has 5 heteroatoms. The Morgan fingerprint density at radius 1 is 1.53 bits per heavy atom. The molecule has 4 nitrogen and oxygen atoms in total. The molecule has 1 saturated carbocycles. The van der Waals surface area contributed by atoms with Crippen LogP contribution >= 0.6 is 11.3 Å². The van der Waals surface area contributed by atoms with E-state index in [2.05, 4.69) is 36.0 Å². The van der Waals surface area contributed by atoms with Gasteiger partial charge in [0.05, 0.1) is 11.7 Å². The second-order valence-corrected chi connectivity index (χ2v) is 7.43. The van der Waals surface area contributed by atoms with Crippen LogP contribution in [0.2, 0.25) is 0 Å². The molecule has 1 aliphatic carbocycles. The highest BCUT2D eigenvalue weighted by atomic mass is 32.1. The Hall–Kier alpha value is -0.650. The molecular weight excluding hydrogens is 258 g/mol. The first-order valence-corrected chi connectivity index (χ1v) is 7.94. The van der Waals surface area contributed by atoms with Gasteiger partial charge in [-0.3, -0.25) is 0 Å². The third kappa shape index (κ3) is 3.46. The van der Waals surface area contributed by atoms with Gasteiger partial charge in [-0.25, -0.2) is 4.98 Å². The van der Waals surface area contributed by atoms with Crippen LogP contribution in [0.25, 0.3) is 0 Å². The Bertz CT molecular complexity index is 442. The van der Waals surface area contributed by atoms with E-state index in [1.54, 1.807) is 0 Å². The number of rotatable bonds is 4. The van der Waals surface area contributed by atoms with Gasteiger partial charge >= 0.3 is 0 Å². The molecule has 0 aromatic carbocycles. The molecule has 2 aliphatic rings. The Labute approximate surface area is 119 Å². The third-order valence-electron chi connectivity index (χ3n) is 3.52. The maximum Gasteiger partial charge on any atom is 0.185 e. The van der Waals surface area contributed by atoms with Crippen LogP contribution in [-0.2, 0) is 11.3 Å². The lowest BCUT2D eigenvalue weighted by Gasteiger charge is -2.41. The van der Waals surface area contributed by atoms with Crippen LogP contribution in [0.3, 0.4) is 0 Å². The average Bonchev–Trinajstić information content (AvgIpc) is 3.01. The topological polar surface area (TPSA) is 37.4 Å². The fraction of sp³-hybridized carbons (Fsp3) is 0.786. The van der Waals surface area contributed by atoms with E-state index in [1.807, 2.05) is 17.5 Å². The zero-order chi connectivity index (χ0) is 13.5. The summed E-state index contributed by atoms with van der Waals surface area (Å²) >= 11 is 1.81. The maximum absolute atomic E-state index is 5.94. The Kier molecular flexibility index (Phi) is 3.53. The zero-order valence-electron chi connectivity index (χ0n) is 12.0. The summed E-state index contributed by atoms with van der Waals surface area (Å²) in [5, 5.41) is 4.68. The Morgan fingerprint density at radius 2 is 2.32 bits per heavy atom. The molecule has 0 spiro atoms. The first kappa shape index (κ1) is 13.3. The highest BCUT2D eigenvalue weighted by molar-refractivity contribution is 7.15. The van der Waals surface area contributed by atoms with Crippen LogP contribution in [0.1, 0.15) is 38.5 Å². The van der Waals surface area contributed by atoms with Gasteiger partial charge < -0.3 is 15.0 Å². The van der Waals surface area contributed by atoms with E-state index >= 15 is 0 Å². The fourth-order valence-electron chi connectivity index (χ4n) is 2.66. The largest absolute Gasteiger partial charge is 0.369 e. The van der Waals surface area contributed by atoms with Gasteiger partial charge in [-0.15, -0.1) is 11.3 Å². The van der Waals surface area contributed by atoms with Gasteiger partial charge in [0.25, 0.3) is 0 Å². The standard InChI is InChI=1S/C14H23N3OS/c1-10-8-17(9-14(2,3)18-10)13-16-7-12(19-13)6-15-11-4-5-11/h7,10-11,15H,4-6,8-9H2,1-3H3. The maximum atomic E-state index is 5.94. The van der Waals surface area contributed by atoms with Crippen LogP contribution in [0, 0.1) is 0 Å².